The molecule has 0 bridgehead atoms. The highest BCUT2D eigenvalue weighted by atomic mass is 32.2. The minimum absolute atomic E-state index is 0.378. The largest absolute Gasteiger partial charge is 0.349 e. The van der Waals surface area contributed by atoms with E-state index in [2.05, 4.69) is 10.0 Å². The number of aromatic nitrogens is 1. The summed E-state index contributed by atoms with van der Waals surface area (Å²) in [5.74, 6) is 0.738. The average Bonchev–Trinajstić information content (AvgIpc) is 3.13. The summed E-state index contributed by atoms with van der Waals surface area (Å²) in [5, 5.41) is 3.23. The summed E-state index contributed by atoms with van der Waals surface area (Å²) in [6.45, 7) is 6.95. The van der Waals surface area contributed by atoms with Crippen molar-refractivity contribution in [3.05, 3.63) is 18.0 Å². The predicted octanol–water partition coefficient (Wildman–Crippen LogP) is 1.70. The van der Waals surface area contributed by atoms with E-state index in [4.69, 9.17) is 0 Å². The number of hydrogen-bond acceptors (Lipinski definition) is 3. The Bertz CT molecular complexity index is 533. The van der Waals surface area contributed by atoms with E-state index < -0.39 is 10.0 Å². The van der Waals surface area contributed by atoms with Gasteiger partial charge in [0.15, 0.2) is 0 Å². The van der Waals surface area contributed by atoms with Crippen LogP contribution >= 0.6 is 0 Å². The zero-order chi connectivity index (χ0) is 14.6. The highest BCUT2D eigenvalue weighted by molar-refractivity contribution is 7.89. The fraction of sp³-hybridized carbons (Fsp3) is 0.714. The maximum Gasteiger partial charge on any atom is 0.242 e. The first-order chi connectivity index (χ1) is 9.56. The van der Waals surface area contributed by atoms with Crippen molar-refractivity contribution in [1.29, 1.82) is 0 Å². The zero-order valence-electron chi connectivity index (χ0n) is 12.4. The van der Waals surface area contributed by atoms with E-state index in [0.717, 1.165) is 31.1 Å². The molecule has 0 aliphatic heterocycles. The van der Waals surface area contributed by atoms with Crippen LogP contribution in [0.3, 0.4) is 0 Å². The molecule has 1 aromatic heterocycles. The average molecular weight is 299 g/mol. The normalized spacial score (nSPS) is 15.7. The van der Waals surface area contributed by atoms with Gasteiger partial charge in [-0.3, -0.25) is 0 Å². The van der Waals surface area contributed by atoms with E-state index in [1.54, 1.807) is 12.3 Å². The van der Waals surface area contributed by atoms with Gasteiger partial charge < -0.3 is 9.88 Å². The second-order valence-corrected chi connectivity index (χ2v) is 7.13. The molecule has 1 aliphatic rings. The number of hydrogen-bond donors (Lipinski definition) is 2. The van der Waals surface area contributed by atoms with Gasteiger partial charge in [0.25, 0.3) is 0 Å². The van der Waals surface area contributed by atoms with Gasteiger partial charge in [0.2, 0.25) is 10.0 Å². The molecule has 1 heterocycles. The highest BCUT2D eigenvalue weighted by Crippen LogP contribution is 2.31. The third-order valence-electron chi connectivity index (χ3n) is 3.71. The third kappa shape index (κ3) is 4.07. The standard InChI is InChI=1S/C14H25N3O2S/c1-3-15-10-13-9-14(11-17(13)4-2)20(18,19)16-8-7-12-5-6-12/h9,11-12,15-16H,3-8,10H2,1-2H3. The molecule has 1 aliphatic carbocycles. The van der Waals surface area contributed by atoms with E-state index in [-0.39, 0.29) is 0 Å². The Morgan fingerprint density at radius 1 is 1.35 bits per heavy atom. The molecule has 0 unspecified atom stereocenters. The summed E-state index contributed by atoms with van der Waals surface area (Å²) in [6, 6.07) is 1.77. The van der Waals surface area contributed by atoms with Crippen molar-refractivity contribution in [1.82, 2.24) is 14.6 Å². The quantitative estimate of drug-likeness (QED) is 0.729. The van der Waals surface area contributed by atoms with Crippen LogP contribution in [-0.4, -0.2) is 26.1 Å². The lowest BCUT2D eigenvalue weighted by atomic mass is 10.3. The molecular formula is C14H25N3O2S. The van der Waals surface area contributed by atoms with Gasteiger partial charge in [-0.15, -0.1) is 0 Å². The van der Waals surface area contributed by atoms with Gasteiger partial charge >= 0.3 is 0 Å². The fourth-order valence-electron chi connectivity index (χ4n) is 2.26. The lowest BCUT2D eigenvalue weighted by molar-refractivity contribution is 0.575. The van der Waals surface area contributed by atoms with Crippen LogP contribution in [0.5, 0.6) is 0 Å². The molecule has 20 heavy (non-hydrogen) atoms. The van der Waals surface area contributed by atoms with E-state index in [0.29, 0.717) is 18.0 Å². The maximum absolute atomic E-state index is 12.2. The molecule has 0 aromatic carbocycles. The molecule has 6 heteroatoms. The molecule has 2 rings (SSSR count). The van der Waals surface area contributed by atoms with Gasteiger partial charge in [-0.05, 0) is 31.9 Å². The lowest BCUT2D eigenvalue weighted by Gasteiger charge is -2.05. The van der Waals surface area contributed by atoms with E-state index in [9.17, 15) is 8.42 Å². The number of nitrogens with one attached hydrogen (secondary N) is 2. The first-order valence-electron chi connectivity index (χ1n) is 7.46. The fourth-order valence-corrected chi connectivity index (χ4v) is 3.37. The molecule has 2 N–H and O–H groups in total. The zero-order valence-corrected chi connectivity index (χ0v) is 13.2. The molecule has 0 atom stereocenters. The molecule has 114 valence electrons. The molecule has 0 radical (unpaired) electrons. The topological polar surface area (TPSA) is 63.1 Å². The van der Waals surface area contributed by atoms with Crippen LogP contribution in [-0.2, 0) is 23.1 Å². The van der Waals surface area contributed by atoms with Gasteiger partial charge in [0, 0.05) is 31.5 Å². The van der Waals surface area contributed by atoms with E-state index in [1.165, 1.54) is 12.8 Å². The molecule has 0 spiro atoms. The van der Waals surface area contributed by atoms with E-state index in [1.807, 2.05) is 18.4 Å². The minimum atomic E-state index is -3.36. The van der Waals surface area contributed by atoms with Crippen molar-refractivity contribution < 1.29 is 8.42 Å². The molecule has 1 saturated carbocycles. The van der Waals surface area contributed by atoms with Crippen LogP contribution in [0.25, 0.3) is 0 Å². The molecule has 1 aromatic rings. The SMILES string of the molecule is CCNCc1cc(S(=O)(=O)NCCC2CC2)cn1CC. The summed E-state index contributed by atoms with van der Waals surface area (Å²) in [6.07, 6.45) is 5.19. The Morgan fingerprint density at radius 2 is 2.10 bits per heavy atom. The summed E-state index contributed by atoms with van der Waals surface area (Å²) >= 11 is 0. The summed E-state index contributed by atoms with van der Waals surface area (Å²) in [4.78, 5) is 0.378. The Kier molecular flexibility index (Phi) is 5.23. The molecule has 0 amide bonds. The second-order valence-electron chi connectivity index (χ2n) is 5.36. The van der Waals surface area contributed by atoms with Crippen molar-refractivity contribution in [3.8, 4) is 0 Å². The van der Waals surface area contributed by atoms with Crippen molar-refractivity contribution in [3.63, 3.8) is 0 Å². The predicted molar refractivity (Wildman–Crippen MR) is 80.0 cm³/mol. The molecule has 0 saturated heterocycles. The number of nitrogens with zero attached hydrogens (tertiary/aromatic N) is 1. The molecule has 1 fully saturated rings. The second kappa shape index (κ2) is 6.74. The van der Waals surface area contributed by atoms with Crippen LogP contribution in [0.2, 0.25) is 0 Å². The Balaban J connectivity index is 2.03. The van der Waals surface area contributed by atoms with Crippen LogP contribution < -0.4 is 10.0 Å². The Hall–Kier alpha value is -0.850. The first-order valence-corrected chi connectivity index (χ1v) is 8.94. The van der Waals surface area contributed by atoms with Crippen molar-refractivity contribution >= 4 is 10.0 Å². The van der Waals surface area contributed by atoms with Gasteiger partial charge in [-0.1, -0.05) is 19.8 Å². The third-order valence-corrected chi connectivity index (χ3v) is 5.14. The summed E-state index contributed by atoms with van der Waals surface area (Å²) in [5.41, 5.74) is 1.01. The van der Waals surface area contributed by atoms with E-state index >= 15 is 0 Å². The van der Waals surface area contributed by atoms with Gasteiger partial charge in [0.05, 0.1) is 4.90 Å². The minimum Gasteiger partial charge on any atom is -0.349 e. The van der Waals surface area contributed by atoms with Crippen LogP contribution in [0.1, 0.15) is 38.8 Å². The number of sulfonamides is 1. The number of rotatable bonds is 9. The van der Waals surface area contributed by atoms with Gasteiger partial charge in [-0.2, -0.15) is 0 Å². The van der Waals surface area contributed by atoms with Crippen LogP contribution in [0, 0.1) is 5.92 Å². The maximum atomic E-state index is 12.2. The van der Waals surface area contributed by atoms with Crippen molar-refractivity contribution in [2.75, 3.05) is 13.1 Å². The van der Waals surface area contributed by atoms with Crippen LogP contribution in [0.4, 0.5) is 0 Å². The van der Waals surface area contributed by atoms with Crippen molar-refractivity contribution in [2.45, 2.75) is 51.1 Å². The van der Waals surface area contributed by atoms with Gasteiger partial charge in [-0.25, -0.2) is 13.1 Å². The Morgan fingerprint density at radius 3 is 2.70 bits per heavy atom. The Labute approximate surface area is 121 Å². The first kappa shape index (κ1) is 15.5. The monoisotopic (exact) mass is 299 g/mol. The number of aryl methyl sites for hydroxylation is 1. The molecular weight excluding hydrogens is 274 g/mol. The van der Waals surface area contributed by atoms with Crippen molar-refractivity contribution in [2.24, 2.45) is 5.92 Å². The molecule has 5 nitrogen and oxygen atoms in total. The van der Waals surface area contributed by atoms with Gasteiger partial charge in [0.1, 0.15) is 0 Å². The van der Waals surface area contributed by atoms with Crippen LogP contribution in [0.15, 0.2) is 17.2 Å². The summed E-state index contributed by atoms with van der Waals surface area (Å²) in [7, 11) is -3.36. The lowest BCUT2D eigenvalue weighted by Crippen LogP contribution is -2.24. The highest BCUT2D eigenvalue weighted by Gasteiger charge is 2.23. The summed E-state index contributed by atoms with van der Waals surface area (Å²) < 4.78 is 29.2. The smallest absolute Gasteiger partial charge is 0.242 e.